The van der Waals surface area contributed by atoms with E-state index in [9.17, 15) is 0 Å². The summed E-state index contributed by atoms with van der Waals surface area (Å²) < 4.78 is 6.28. The molecule has 0 saturated carbocycles. The number of dihydropyridines is 1. The molecule has 1 unspecified atom stereocenters. The Labute approximate surface area is 83.9 Å². The van der Waals surface area contributed by atoms with Gasteiger partial charge in [0.05, 0.1) is 0 Å². The first-order chi connectivity index (χ1) is 6.25. The van der Waals surface area contributed by atoms with Gasteiger partial charge in [-0.3, -0.25) is 4.99 Å². The van der Waals surface area contributed by atoms with Gasteiger partial charge in [0.15, 0.2) is 0 Å². The molecule has 5 heteroatoms. The SMILES string of the molecule is Cc1nnc(C2CC=C(Br)C=N2)o1. The van der Waals surface area contributed by atoms with Crippen molar-refractivity contribution in [2.75, 3.05) is 0 Å². The van der Waals surface area contributed by atoms with Crippen LogP contribution in [0.25, 0.3) is 0 Å². The van der Waals surface area contributed by atoms with Crippen LogP contribution < -0.4 is 0 Å². The monoisotopic (exact) mass is 241 g/mol. The summed E-state index contributed by atoms with van der Waals surface area (Å²) in [6.07, 6.45) is 4.60. The van der Waals surface area contributed by atoms with E-state index in [4.69, 9.17) is 4.42 Å². The van der Waals surface area contributed by atoms with Gasteiger partial charge in [0.25, 0.3) is 0 Å². The molecule has 1 aromatic heterocycles. The number of hydrogen-bond acceptors (Lipinski definition) is 4. The number of allylic oxidation sites excluding steroid dienone is 1. The summed E-state index contributed by atoms with van der Waals surface area (Å²) in [7, 11) is 0. The van der Waals surface area contributed by atoms with Crippen molar-refractivity contribution in [2.24, 2.45) is 4.99 Å². The lowest BCUT2D eigenvalue weighted by atomic mass is 10.2. The highest BCUT2D eigenvalue weighted by molar-refractivity contribution is 9.12. The van der Waals surface area contributed by atoms with Gasteiger partial charge in [-0.25, -0.2) is 0 Å². The van der Waals surface area contributed by atoms with Crippen molar-refractivity contribution in [1.82, 2.24) is 10.2 Å². The van der Waals surface area contributed by atoms with Gasteiger partial charge >= 0.3 is 0 Å². The zero-order valence-electron chi connectivity index (χ0n) is 7.07. The van der Waals surface area contributed by atoms with Gasteiger partial charge in [0.1, 0.15) is 6.04 Å². The summed E-state index contributed by atoms with van der Waals surface area (Å²) in [4.78, 5) is 4.26. The maximum atomic E-state index is 5.28. The number of aromatic nitrogens is 2. The number of aliphatic imine (C=N–C) groups is 1. The average molecular weight is 242 g/mol. The maximum absolute atomic E-state index is 5.28. The molecule has 0 bridgehead atoms. The second-order valence-corrected chi connectivity index (χ2v) is 3.69. The minimum atomic E-state index is -0.0116. The number of hydrogen-bond donors (Lipinski definition) is 0. The molecule has 2 rings (SSSR count). The number of halogens is 1. The molecule has 0 N–H and O–H groups in total. The molecular formula is C8H8BrN3O. The third-order valence-electron chi connectivity index (χ3n) is 1.74. The van der Waals surface area contributed by atoms with Crippen molar-refractivity contribution in [1.29, 1.82) is 0 Å². The normalized spacial score (nSPS) is 21.7. The lowest BCUT2D eigenvalue weighted by Gasteiger charge is -2.08. The Morgan fingerprint density at radius 3 is 2.92 bits per heavy atom. The summed E-state index contributed by atoms with van der Waals surface area (Å²) >= 11 is 3.34. The predicted molar refractivity (Wildman–Crippen MR) is 51.9 cm³/mol. The molecule has 1 atom stereocenters. The summed E-state index contributed by atoms with van der Waals surface area (Å²) in [5.41, 5.74) is 0. The second-order valence-electron chi connectivity index (χ2n) is 2.78. The van der Waals surface area contributed by atoms with Gasteiger partial charge in [0, 0.05) is 17.6 Å². The highest BCUT2D eigenvalue weighted by Crippen LogP contribution is 2.25. The summed E-state index contributed by atoms with van der Waals surface area (Å²) in [5.74, 6) is 1.17. The molecule has 13 heavy (non-hydrogen) atoms. The quantitative estimate of drug-likeness (QED) is 0.758. The topological polar surface area (TPSA) is 51.3 Å². The Hall–Kier alpha value is -0.970. The van der Waals surface area contributed by atoms with Crippen LogP contribution in [0.1, 0.15) is 24.2 Å². The fraction of sp³-hybridized carbons (Fsp3) is 0.375. The molecule has 0 aromatic carbocycles. The fourth-order valence-corrected chi connectivity index (χ4v) is 1.42. The van der Waals surface area contributed by atoms with Crippen molar-refractivity contribution in [3.05, 3.63) is 22.3 Å². The van der Waals surface area contributed by atoms with E-state index >= 15 is 0 Å². The van der Waals surface area contributed by atoms with Gasteiger partial charge in [-0.1, -0.05) is 6.08 Å². The Balaban J connectivity index is 2.17. The Morgan fingerprint density at radius 1 is 1.54 bits per heavy atom. The highest BCUT2D eigenvalue weighted by Gasteiger charge is 2.17. The maximum Gasteiger partial charge on any atom is 0.241 e. The molecule has 68 valence electrons. The van der Waals surface area contributed by atoms with E-state index in [1.807, 2.05) is 6.08 Å². The van der Waals surface area contributed by atoms with Crippen molar-refractivity contribution in [3.8, 4) is 0 Å². The Morgan fingerprint density at radius 2 is 2.38 bits per heavy atom. The van der Waals surface area contributed by atoms with Crippen LogP contribution in [-0.4, -0.2) is 16.4 Å². The summed E-state index contributed by atoms with van der Waals surface area (Å²) in [6.45, 7) is 1.77. The smallest absolute Gasteiger partial charge is 0.241 e. The standard InChI is InChI=1S/C8H8BrN3O/c1-5-11-12-8(13-5)7-3-2-6(9)4-10-7/h2,4,7H,3H2,1H3. The first-order valence-electron chi connectivity index (χ1n) is 3.94. The molecule has 0 fully saturated rings. The van der Waals surface area contributed by atoms with Gasteiger partial charge in [-0.15, -0.1) is 10.2 Å². The van der Waals surface area contributed by atoms with E-state index in [1.54, 1.807) is 13.1 Å². The van der Waals surface area contributed by atoms with E-state index in [0.717, 1.165) is 10.9 Å². The summed E-state index contributed by atoms with van der Waals surface area (Å²) in [6, 6.07) is -0.0116. The molecule has 0 amide bonds. The van der Waals surface area contributed by atoms with Crippen molar-refractivity contribution >= 4 is 22.1 Å². The third-order valence-corrected chi connectivity index (χ3v) is 2.27. The van der Waals surface area contributed by atoms with Gasteiger partial charge in [-0.05, 0) is 22.4 Å². The van der Waals surface area contributed by atoms with E-state index in [1.165, 1.54) is 0 Å². The third kappa shape index (κ3) is 1.85. The van der Waals surface area contributed by atoms with Gasteiger partial charge < -0.3 is 4.42 Å². The van der Waals surface area contributed by atoms with Crippen LogP contribution in [0.3, 0.4) is 0 Å². The molecule has 0 spiro atoms. The molecule has 1 aliphatic rings. The fourth-order valence-electron chi connectivity index (χ4n) is 1.11. The van der Waals surface area contributed by atoms with Crippen LogP contribution in [0.15, 0.2) is 20.0 Å². The van der Waals surface area contributed by atoms with Gasteiger partial charge in [0.2, 0.25) is 11.8 Å². The van der Waals surface area contributed by atoms with E-state index in [-0.39, 0.29) is 6.04 Å². The van der Waals surface area contributed by atoms with Crippen molar-refractivity contribution in [2.45, 2.75) is 19.4 Å². The first kappa shape index (κ1) is 8.62. The molecule has 4 nitrogen and oxygen atoms in total. The van der Waals surface area contributed by atoms with Crippen LogP contribution in [-0.2, 0) is 0 Å². The molecule has 0 radical (unpaired) electrons. The molecule has 1 aliphatic heterocycles. The van der Waals surface area contributed by atoms with Crippen LogP contribution in [0.4, 0.5) is 0 Å². The van der Waals surface area contributed by atoms with Crippen LogP contribution in [0.5, 0.6) is 0 Å². The summed E-state index contributed by atoms with van der Waals surface area (Å²) in [5, 5.41) is 7.68. The van der Waals surface area contributed by atoms with Crippen molar-refractivity contribution < 1.29 is 4.42 Å². The highest BCUT2D eigenvalue weighted by atomic mass is 79.9. The zero-order valence-corrected chi connectivity index (χ0v) is 8.65. The lowest BCUT2D eigenvalue weighted by Crippen LogP contribution is -1.99. The van der Waals surface area contributed by atoms with Crippen LogP contribution >= 0.6 is 15.9 Å². The van der Waals surface area contributed by atoms with Crippen LogP contribution in [0, 0.1) is 6.92 Å². The molecular weight excluding hydrogens is 234 g/mol. The number of nitrogens with zero attached hydrogens (tertiary/aromatic N) is 3. The molecule has 1 aromatic rings. The van der Waals surface area contributed by atoms with E-state index in [2.05, 4.69) is 31.1 Å². The van der Waals surface area contributed by atoms with Gasteiger partial charge in [-0.2, -0.15) is 0 Å². The first-order valence-corrected chi connectivity index (χ1v) is 4.74. The predicted octanol–water partition coefficient (Wildman–Crippen LogP) is 2.17. The minimum Gasteiger partial charge on any atom is -0.423 e. The largest absolute Gasteiger partial charge is 0.423 e. The molecule has 2 heterocycles. The minimum absolute atomic E-state index is 0.0116. The molecule has 0 aliphatic carbocycles. The van der Waals surface area contributed by atoms with Crippen LogP contribution in [0.2, 0.25) is 0 Å². The molecule has 0 saturated heterocycles. The average Bonchev–Trinajstić information content (AvgIpc) is 2.53. The Kier molecular flexibility index (Phi) is 2.26. The van der Waals surface area contributed by atoms with Crippen molar-refractivity contribution in [3.63, 3.8) is 0 Å². The second kappa shape index (κ2) is 3.41. The lowest BCUT2D eigenvalue weighted by molar-refractivity contribution is 0.432. The number of aryl methyl sites for hydroxylation is 1. The zero-order chi connectivity index (χ0) is 9.26. The number of rotatable bonds is 1. The Bertz CT molecular complexity index is 369. The van der Waals surface area contributed by atoms with E-state index in [0.29, 0.717) is 11.8 Å². The van der Waals surface area contributed by atoms with E-state index < -0.39 is 0 Å².